The third kappa shape index (κ3) is 5.10. The lowest BCUT2D eigenvalue weighted by Gasteiger charge is -2.22. The van der Waals surface area contributed by atoms with E-state index in [0.717, 1.165) is 11.1 Å². The lowest BCUT2D eigenvalue weighted by atomic mass is 9.94. The summed E-state index contributed by atoms with van der Waals surface area (Å²) in [5.74, 6) is 0.356. The number of benzene rings is 4. The summed E-state index contributed by atoms with van der Waals surface area (Å²) in [5, 5.41) is 20.4. The number of hydrogen-bond donors (Lipinski definition) is 2. The average Bonchev–Trinajstić information content (AvgIpc) is 2.84. The third-order valence-corrected chi connectivity index (χ3v) is 5.20. The van der Waals surface area contributed by atoms with Crippen LogP contribution in [0.25, 0.3) is 0 Å². The first kappa shape index (κ1) is 21.1. The molecule has 4 aromatic carbocycles. The number of nitrogens with zero attached hydrogens (tertiary/aromatic N) is 2. The van der Waals surface area contributed by atoms with Crippen LogP contribution >= 0.6 is 0 Å². The van der Waals surface area contributed by atoms with E-state index in [1.54, 1.807) is 36.7 Å². The molecule has 0 spiro atoms. The molecule has 4 heteroatoms. The fraction of sp³-hybridized carbons (Fsp3) is 0.0714. The number of phenolic OH excluding ortho intramolecular Hbond substituents is 2. The SMILES string of the molecule is Oc1ccccc1C=N[C@H](c1ccccc1)[C@H](N=Cc1ccccc1O)c1ccccc1. The van der Waals surface area contributed by atoms with Crippen molar-refractivity contribution in [1.82, 2.24) is 0 Å². The second-order valence-corrected chi connectivity index (χ2v) is 7.39. The highest BCUT2D eigenvalue weighted by Crippen LogP contribution is 2.36. The molecule has 0 fully saturated rings. The summed E-state index contributed by atoms with van der Waals surface area (Å²) in [7, 11) is 0. The van der Waals surface area contributed by atoms with Crippen molar-refractivity contribution in [2.75, 3.05) is 0 Å². The van der Waals surface area contributed by atoms with Crippen LogP contribution in [0.5, 0.6) is 11.5 Å². The summed E-state index contributed by atoms with van der Waals surface area (Å²) < 4.78 is 0. The van der Waals surface area contributed by atoms with Crippen molar-refractivity contribution in [1.29, 1.82) is 0 Å². The Kier molecular flexibility index (Phi) is 6.73. The predicted octanol–water partition coefficient (Wildman–Crippen LogP) is 6.12. The van der Waals surface area contributed by atoms with Crippen molar-refractivity contribution in [3.05, 3.63) is 131 Å². The van der Waals surface area contributed by atoms with Gasteiger partial charge in [0.05, 0.1) is 0 Å². The summed E-state index contributed by atoms with van der Waals surface area (Å²) in [6.45, 7) is 0. The van der Waals surface area contributed by atoms with E-state index in [9.17, 15) is 10.2 Å². The van der Waals surface area contributed by atoms with Gasteiger partial charge in [-0.25, -0.2) is 0 Å². The van der Waals surface area contributed by atoms with E-state index in [2.05, 4.69) is 0 Å². The Morgan fingerprint density at radius 1 is 0.469 bits per heavy atom. The number of aromatic hydroxyl groups is 2. The van der Waals surface area contributed by atoms with Gasteiger partial charge in [0.25, 0.3) is 0 Å². The fourth-order valence-electron chi connectivity index (χ4n) is 3.51. The highest BCUT2D eigenvalue weighted by atomic mass is 16.3. The molecular weight excluding hydrogens is 396 g/mol. The average molecular weight is 421 g/mol. The van der Waals surface area contributed by atoms with E-state index in [0.29, 0.717) is 11.1 Å². The Labute approximate surface area is 187 Å². The molecule has 4 rings (SSSR count). The maximum Gasteiger partial charge on any atom is 0.124 e. The van der Waals surface area contributed by atoms with Crippen LogP contribution in [0, 0.1) is 0 Å². The number of aliphatic imine (C=N–C) groups is 2. The third-order valence-electron chi connectivity index (χ3n) is 5.20. The molecular formula is C28H24N2O2. The van der Waals surface area contributed by atoms with Gasteiger partial charge in [0, 0.05) is 23.6 Å². The van der Waals surface area contributed by atoms with Crippen LogP contribution in [0.4, 0.5) is 0 Å². The lowest BCUT2D eigenvalue weighted by Crippen LogP contribution is -2.09. The molecule has 0 aliphatic carbocycles. The van der Waals surface area contributed by atoms with Crippen molar-refractivity contribution in [2.24, 2.45) is 9.98 Å². The molecule has 0 saturated heterocycles. The Morgan fingerprint density at radius 3 is 1.19 bits per heavy atom. The minimum atomic E-state index is -0.333. The van der Waals surface area contributed by atoms with Gasteiger partial charge in [-0.3, -0.25) is 9.98 Å². The quantitative estimate of drug-likeness (QED) is 0.354. The molecule has 158 valence electrons. The molecule has 0 aliphatic rings. The lowest BCUT2D eigenvalue weighted by molar-refractivity contribution is 0.473. The van der Waals surface area contributed by atoms with E-state index >= 15 is 0 Å². The minimum absolute atomic E-state index is 0.178. The highest BCUT2D eigenvalue weighted by Gasteiger charge is 2.23. The second-order valence-electron chi connectivity index (χ2n) is 7.39. The summed E-state index contributed by atoms with van der Waals surface area (Å²) in [6.07, 6.45) is 3.39. The molecule has 4 aromatic rings. The van der Waals surface area contributed by atoms with Gasteiger partial charge >= 0.3 is 0 Å². The van der Waals surface area contributed by atoms with Gasteiger partial charge in [-0.2, -0.15) is 0 Å². The largest absolute Gasteiger partial charge is 0.507 e. The molecule has 0 amide bonds. The Bertz CT molecular complexity index is 1110. The normalized spacial score (nSPS) is 13.4. The molecule has 2 N–H and O–H groups in total. The highest BCUT2D eigenvalue weighted by molar-refractivity contribution is 5.84. The molecule has 0 heterocycles. The first-order chi connectivity index (χ1) is 15.7. The molecule has 32 heavy (non-hydrogen) atoms. The molecule has 0 saturated carbocycles. The van der Waals surface area contributed by atoms with Gasteiger partial charge in [-0.1, -0.05) is 84.9 Å². The second kappa shape index (κ2) is 10.2. The van der Waals surface area contributed by atoms with Crippen LogP contribution in [-0.2, 0) is 0 Å². The van der Waals surface area contributed by atoms with Gasteiger partial charge in [0.2, 0.25) is 0 Å². The molecule has 2 atom stereocenters. The maximum absolute atomic E-state index is 10.2. The molecule has 0 radical (unpaired) electrons. The summed E-state index contributed by atoms with van der Waals surface area (Å²) >= 11 is 0. The Balaban J connectivity index is 1.79. The van der Waals surface area contributed by atoms with E-state index in [-0.39, 0.29) is 23.6 Å². The number of phenols is 2. The number of para-hydroxylation sites is 2. The Morgan fingerprint density at radius 2 is 0.812 bits per heavy atom. The standard InChI is InChI=1S/C28H24N2O2/c31-25-17-9-7-15-23(25)19-29-27(21-11-3-1-4-12-21)28(22-13-5-2-6-14-22)30-20-24-16-8-10-18-26(24)32/h1-20,27-28,31-32H/t27-,28-/m1/s1. The summed E-state index contributed by atoms with van der Waals surface area (Å²) in [4.78, 5) is 9.75. The van der Waals surface area contributed by atoms with Crippen LogP contribution in [0.3, 0.4) is 0 Å². The molecule has 0 aromatic heterocycles. The van der Waals surface area contributed by atoms with Crippen molar-refractivity contribution >= 4 is 12.4 Å². The Hall–Kier alpha value is -4.18. The zero-order valence-corrected chi connectivity index (χ0v) is 17.5. The van der Waals surface area contributed by atoms with Crippen molar-refractivity contribution in [2.45, 2.75) is 12.1 Å². The van der Waals surface area contributed by atoms with Gasteiger partial charge < -0.3 is 10.2 Å². The predicted molar refractivity (Wildman–Crippen MR) is 130 cm³/mol. The van der Waals surface area contributed by atoms with E-state index in [1.165, 1.54) is 0 Å². The van der Waals surface area contributed by atoms with Gasteiger partial charge in [-0.05, 0) is 35.4 Å². The van der Waals surface area contributed by atoms with Gasteiger partial charge in [-0.15, -0.1) is 0 Å². The van der Waals surface area contributed by atoms with Crippen LogP contribution in [0.2, 0.25) is 0 Å². The van der Waals surface area contributed by atoms with Crippen molar-refractivity contribution in [3.63, 3.8) is 0 Å². The number of hydrogen-bond acceptors (Lipinski definition) is 4. The maximum atomic E-state index is 10.2. The van der Waals surface area contributed by atoms with Crippen LogP contribution in [-0.4, -0.2) is 22.6 Å². The van der Waals surface area contributed by atoms with Gasteiger partial charge in [0.15, 0.2) is 0 Å². The zero-order valence-electron chi connectivity index (χ0n) is 17.5. The van der Waals surface area contributed by atoms with Crippen molar-refractivity contribution in [3.8, 4) is 11.5 Å². The topological polar surface area (TPSA) is 65.2 Å². The first-order valence-electron chi connectivity index (χ1n) is 10.4. The zero-order chi connectivity index (χ0) is 22.2. The minimum Gasteiger partial charge on any atom is -0.507 e. The van der Waals surface area contributed by atoms with Crippen LogP contribution in [0.15, 0.2) is 119 Å². The monoisotopic (exact) mass is 420 g/mol. The van der Waals surface area contributed by atoms with E-state index in [4.69, 9.17) is 9.98 Å². The van der Waals surface area contributed by atoms with Gasteiger partial charge in [0.1, 0.15) is 23.6 Å². The van der Waals surface area contributed by atoms with E-state index in [1.807, 2.05) is 84.9 Å². The molecule has 0 aliphatic heterocycles. The molecule has 0 unspecified atom stereocenters. The number of rotatable bonds is 7. The summed E-state index contributed by atoms with van der Waals surface area (Å²) in [6, 6.07) is 33.5. The van der Waals surface area contributed by atoms with E-state index < -0.39 is 0 Å². The van der Waals surface area contributed by atoms with Crippen LogP contribution in [0.1, 0.15) is 34.3 Å². The first-order valence-corrected chi connectivity index (χ1v) is 10.4. The van der Waals surface area contributed by atoms with Crippen molar-refractivity contribution < 1.29 is 10.2 Å². The fourth-order valence-corrected chi connectivity index (χ4v) is 3.51. The van der Waals surface area contributed by atoms with Crippen LogP contribution < -0.4 is 0 Å². The molecule has 0 bridgehead atoms. The summed E-state index contributed by atoms with van der Waals surface area (Å²) in [5.41, 5.74) is 3.29. The smallest absolute Gasteiger partial charge is 0.124 e. The molecule has 4 nitrogen and oxygen atoms in total.